The minimum absolute atomic E-state index is 0.0779. The zero-order valence-electron chi connectivity index (χ0n) is 14.7. The third kappa shape index (κ3) is 5.46. The van der Waals surface area contributed by atoms with Gasteiger partial charge in [-0.15, -0.1) is 0 Å². The Morgan fingerprint density at radius 2 is 1.96 bits per heavy atom. The Morgan fingerprint density at radius 1 is 1.29 bits per heavy atom. The standard InChI is InChI=1S/C18H25BrN4O/c1-13(2)9-16(12-22(3)4)21-18(24)14-10-20-23(11-14)17-7-5-15(19)6-8-17/h5-8,10-11,13,16H,9,12H2,1-4H3,(H,21,24)/t16-/m1/s1. The summed E-state index contributed by atoms with van der Waals surface area (Å²) in [4.78, 5) is 14.6. The summed E-state index contributed by atoms with van der Waals surface area (Å²) in [6, 6.07) is 7.93. The lowest BCUT2D eigenvalue weighted by Gasteiger charge is -2.23. The van der Waals surface area contributed by atoms with E-state index in [1.54, 1.807) is 17.1 Å². The van der Waals surface area contributed by atoms with E-state index >= 15 is 0 Å². The molecule has 1 N–H and O–H groups in total. The maximum absolute atomic E-state index is 12.5. The largest absolute Gasteiger partial charge is 0.348 e. The average Bonchev–Trinajstić information content (AvgIpc) is 2.96. The number of aromatic nitrogens is 2. The number of hydrogen-bond acceptors (Lipinski definition) is 3. The van der Waals surface area contributed by atoms with Crippen LogP contribution in [0.1, 0.15) is 30.6 Å². The van der Waals surface area contributed by atoms with Gasteiger partial charge in [-0.05, 0) is 50.7 Å². The van der Waals surface area contributed by atoms with Crippen LogP contribution >= 0.6 is 15.9 Å². The van der Waals surface area contributed by atoms with Gasteiger partial charge in [0.15, 0.2) is 0 Å². The molecule has 1 aromatic carbocycles. The van der Waals surface area contributed by atoms with Crippen molar-refractivity contribution in [2.24, 2.45) is 5.92 Å². The molecule has 2 aromatic rings. The Labute approximate surface area is 152 Å². The molecule has 1 amide bonds. The fraction of sp³-hybridized carbons (Fsp3) is 0.444. The Kier molecular flexibility index (Phi) is 6.57. The molecule has 0 radical (unpaired) electrons. The molecule has 5 nitrogen and oxygen atoms in total. The summed E-state index contributed by atoms with van der Waals surface area (Å²) in [7, 11) is 4.04. The zero-order valence-corrected chi connectivity index (χ0v) is 16.2. The van der Waals surface area contributed by atoms with Gasteiger partial charge in [-0.2, -0.15) is 5.10 Å². The van der Waals surface area contributed by atoms with Gasteiger partial charge in [-0.3, -0.25) is 4.79 Å². The van der Waals surface area contributed by atoms with Crippen molar-refractivity contribution in [1.29, 1.82) is 0 Å². The highest BCUT2D eigenvalue weighted by atomic mass is 79.9. The van der Waals surface area contributed by atoms with Gasteiger partial charge in [0.2, 0.25) is 0 Å². The molecule has 0 saturated heterocycles. The number of likely N-dealkylation sites (N-methyl/N-ethyl adjacent to an activating group) is 1. The predicted molar refractivity (Wildman–Crippen MR) is 101 cm³/mol. The summed E-state index contributed by atoms with van der Waals surface area (Å²) < 4.78 is 2.72. The summed E-state index contributed by atoms with van der Waals surface area (Å²) >= 11 is 3.41. The maximum atomic E-state index is 12.5. The highest BCUT2D eigenvalue weighted by Gasteiger charge is 2.17. The average molecular weight is 393 g/mol. The van der Waals surface area contributed by atoms with Crippen LogP contribution in [0, 0.1) is 5.92 Å². The molecule has 0 fully saturated rings. The number of amides is 1. The number of nitrogens with zero attached hydrogens (tertiary/aromatic N) is 3. The molecular formula is C18H25BrN4O. The minimum Gasteiger partial charge on any atom is -0.348 e. The van der Waals surface area contributed by atoms with Gasteiger partial charge in [0.25, 0.3) is 5.91 Å². The highest BCUT2D eigenvalue weighted by Crippen LogP contribution is 2.14. The Hall–Kier alpha value is -1.66. The van der Waals surface area contributed by atoms with Crippen LogP contribution in [0.25, 0.3) is 5.69 Å². The van der Waals surface area contributed by atoms with E-state index in [0.29, 0.717) is 11.5 Å². The second kappa shape index (κ2) is 8.44. The van der Waals surface area contributed by atoms with Gasteiger partial charge in [0, 0.05) is 23.3 Å². The molecule has 24 heavy (non-hydrogen) atoms. The second-order valence-electron chi connectivity index (χ2n) is 6.71. The molecule has 0 saturated carbocycles. The van der Waals surface area contributed by atoms with Crippen molar-refractivity contribution < 1.29 is 4.79 Å². The van der Waals surface area contributed by atoms with Gasteiger partial charge < -0.3 is 10.2 Å². The van der Waals surface area contributed by atoms with Gasteiger partial charge in [-0.25, -0.2) is 4.68 Å². The third-order valence-electron chi connectivity index (χ3n) is 3.61. The van der Waals surface area contributed by atoms with Crippen LogP contribution in [0.4, 0.5) is 0 Å². The predicted octanol–water partition coefficient (Wildman–Crippen LogP) is 3.34. The smallest absolute Gasteiger partial charge is 0.254 e. The molecule has 0 aliphatic rings. The highest BCUT2D eigenvalue weighted by molar-refractivity contribution is 9.10. The molecule has 1 aromatic heterocycles. The van der Waals surface area contributed by atoms with Crippen LogP contribution in [0.2, 0.25) is 0 Å². The molecule has 0 spiro atoms. The first-order valence-corrected chi connectivity index (χ1v) is 8.90. The van der Waals surface area contributed by atoms with Crippen molar-refractivity contribution in [3.05, 3.63) is 46.7 Å². The molecule has 0 bridgehead atoms. The normalized spacial score (nSPS) is 12.6. The van der Waals surface area contributed by atoms with E-state index in [1.807, 2.05) is 38.4 Å². The number of carbonyl (C=O) groups is 1. The number of nitrogens with one attached hydrogen (secondary N) is 1. The number of hydrogen-bond donors (Lipinski definition) is 1. The summed E-state index contributed by atoms with van der Waals surface area (Å²) in [5.41, 5.74) is 1.50. The van der Waals surface area contributed by atoms with Crippen LogP contribution in [0.5, 0.6) is 0 Å². The Balaban J connectivity index is 2.07. The molecule has 1 heterocycles. The SMILES string of the molecule is CC(C)C[C@H](CN(C)C)NC(=O)c1cnn(-c2ccc(Br)cc2)c1. The van der Waals surface area contributed by atoms with Crippen molar-refractivity contribution in [3.8, 4) is 5.69 Å². The van der Waals surface area contributed by atoms with E-state index in [-0.39, 0.29) is 11.9 Å². The minimum atomic E-state index is -0.0779. The third-order valence-corrected chi connectivity index (χ3v) is 4.14. The van der Waals surface area contributed by atoms with Gasteiger partial charge in [0.05, 0.1) is 17.4 Å². The van der Waals surface area contributed by atoms with Crippen LogP contribution in [0.15, 0.2) is 41.1 Å². The van der Waals surface area contributed by atoms with Crippen molar-refractivity contribution in [2.75, 3.05) is 20.6 Å². The molecule has 0 aliphatic heterocycles. The summed E-state index contributed by atoms with van der Waals surface area (Å²) in [6.45, 7) is 5.16. The van der Waals surface area contributed by atoms with Crippen molar-refractivity contribution in [1.82, 2.24) is 20.0 Å². The number of benzene rings is 1. The first-order chi connectivity index (χ1) is 11.3. The topological polar surface area (TPSA) is 50.2 Å². The van der Waals surface area contributed by atoms with E-state index in [1.165, 1.54) is 0 Å². The molecule has 6 heteroatoms. The van der Waals surface area contributed by atoms with Crippen LogP contribution in [0.3, 0.4) is 0 Å². The number of carbonyl (C=O) groups excluding carboxylic acids is 1. The summed E-state index contributed by atoms with van der Waals surface area (Å²) in [5, 5.41) is 7.42. The van der Waals surface area contributed by atoms with Gasteiger partial charge in [0.1, 0.15) is 0 Å². The lowest BCUT2D eigenvalue weighted by Crippen LogP contribution is -2.42. The fourth-order valence-corrected chi connectivity index (χ4v) is 2.90. The quantitative estimate of drug-likeness (QED) is 0.785. The molecule has 0 unspecified atom stereocenters. The molecule has 0 aliphatic carbocycles. The monoisotopic (exact) mass is 392 g/mol. The molecule has 130 valence electrons. The van der Waals surface area contributed by atoms with Crippen LogP contribution in [-0.2, 0) is 0 Å². The van der Waals surface area contributed by atoms with Gasteiger partial charge in [-0.1, -0.05) is 29.8 Å². The van der Waals surface area contributed by atoms with E-state index in [4.69, 9.17) is 0 Å². The Bertz CT molecular complexity index is 654. The molecule has 1 atom stereocenters. The van der Waals surface area contributed by atoms with Crippen molar-refractivity contribution in [2.45, 2.75) is 26.3 Å². The first-order valence-electron chi connectivity index (χ1n) is 8.11. The summed E-state index contributed by atoms with van der Waals surface area (Å²) in [5.74, 6) is 0.451. The van der Waals surface area contributed by atoms with Crippen molar-refractivity contribution >= 4 is 21.8 Å². The van der Waals surface area contributed by atoms with Crippen molar-refractivity contribution in [3.63, 3.8) is 0 Å². The lowest BCUT2D eigenvalue weighted by molar-refractivity contribution is 0.0924. The summed E-state index contributed by atoms with van der Waals surface area (Å²) in [6.07, 6.45) is 4.32. The van der Waals surface area contributed by atoms with E-state index in [9.17, 15) is 4.79 Å². The van der Waals surface area contributed by atoms with Gasteiger partial charge >= 0.3 is 0 Å². The molecule has 2 rings (SSSR count). The first kappa shape index (κ1) is 18.7. The van der Waals surface area contributed by atoms with E-state index in [2.05, 4.69) is 45.1 Å². The molecular weight excluding hydrogens is 368 g/mol. The zero-order chi connectivity index (χ0) is 17.7. The maximum Gasteiger partial charge on any atom is 0.254 e. The van der Waals surface area contributed by atoms with E-state index in [0.717, 1.165) is 23.1 Å². The number of rotatable bonds is 7. The number of halogens is 1. The Morgan fingerprint density at radius 3 is 2.54 bits per heavy atom. The lowest BCUT2D eigenvalue weighted by atomic mass is 10.0. The fourth-order valence-electron chi connectivity index (χ4n) is 2.63. The van der Waals surface area contributed by atoms with E-state index < -0.39 is 0 Å². The second-order valence-corrected chi connectivity index (χ2v) is 7.63. The van der Waals surface area contributed by atoms with Crippen LogP contribution < -0.4 is 5.32 Å². The van der Waals surface area contributed by atoms with Crippen LogP contribution in [-0.4, -0.2) is 47.3 Å².